The summed E-state index contributed by atoms with van der Waals surface area (Å²) >= 11 is 0. The highest BCUT2D eigenvalue weighted by molar-refractivity contribution is 5.75. The number of nitrogens with one attached hydrogen (secondary N) is 1. The molecule has 0 aromatic carbocycles. The highest BCUT2D eigenvalue weighted by Gasteiger charge is 2.20. The van der Waals surface area contributed by atoms with Crippen LogP contribution in [-0.2, 0) is 14.3 Å². The summed E-state index contributed by atoms with van der Waals surface area (Å²) in [5, 5.41) is 3.11. The van der Waals surface area contributed by atoms with E-state index in [1.165, 1.54) is 7.11 Å². The lowest BCUT2D eigenvalue weighted by Crippen LogP contribution is -2.45. The van der Waals surface area contributed by atoms with Gasteiger partial charge in [0.1, 0.15) is 6.04 Å². The van der Waals surface area contributed by atoms with Crippen LogP contribution in [0.15, 0.2) is 0 Å². The number of rotatable bonds is 7. The third-order valence-corrected chi connectivity index (χ3v) is 2.14. The normalized spacial score (nSPS) is 15.1. The van der Waals surface area contributed by atoms with Crippen LogP contribution in [0.25, 0.3) is 0 Å². The predicted octanol–water partition coefficient (Wildman–Crippen LogP) is 1.34. The molecule has 0 aliphatic rings. The maximum atomic E-state index is 11.4. The molecular formula is C11H23NO3. The minimum Gasteiger partial charge on any atom is -0.468 e. The second-order valence-corrected chi connectivity index (χ2v) is 3.95. The molecule has 2 atom stereocenters. The van der Waals surface area contributed by atoms with E-state index in [0.29, 0.717) is 6.61 Å². The van der Waals surface area contributed by atoms with Crippen molar-refractivity contribution in [1.82, 2.24) is 5.32 Å². The SMILES string of the molecule is CCC(C)OCC(NC(C)C)C(=O)OC. The van der Waals surface area contributed by atoms with Gasteiger partial charge in [0.2, 0.25) is 0 Å². The van der Waals surface area contributed by atoms with Crippen molar-refractivity contribution in [3.05, 3.63) is 0 Å². The monoisotopic (exact) mass is 217 g/mol. The van der Waals surface area contributed by atoms with Gasteiger partial charge in [-0.2, -0.15) is 0 Å². The average Bonchev–Trinajstić information content (AvgIpc) is 2.21. The van der Waals surface area contributed by atoms with E-state index >= 15 is 0 Å². The van der Waals surface area contributed by atoms with E-state index in [9.17, 15) is 4.79 Å². The first kappa shape index (κ1) is 14.4. The highest BCUT2D eigenvalue weighted by atomic mass is 16.5. The molecule has 0 spiro atoms. The van der Waals surface area contributed by atoms with Crippen LogP contribution in [0.1, 0.15) is 34.1 Å². The minimum absolute atomic E-state index is 0.172. The lowest BCUT2D eigenvalue weighted by molar-refractivity contribution is -0.145. The summed E-state index contributed by atoms with van der Waals surface area (Å²) in [6, 6.07) is -0.140. The van der Waals surface area contributed by atoms with Gasteiger partial charge >= 0.3 is 5.97 Å². The largest absolute Gasteiger partial charge is 0.468 e. The Balaban J connectivity index is 4.07. The number of carbonyl (C=O) groups is 1. The molecule has 0 saturated heterocycles. The second-order valence-electron chi connectivity index (χ2n) is 3.95. The van der Waals surface area contributed by atoms with Crippen molar-refractivity contribution >= 4 is 5.97 Å². The van der Waals surface area contributed by atoms with E-state index in [-0.39, 0.29) is 24.2 Å². The molecular weight excluding hydrogens is 194 g/mol. The fourth-order valence-electron chi connectivity index (χ4n) is 1.11. The summed E-state index contributed by atoms with van der Waals surface area (Å²) in [5.41, 5.74) is 0. The molecule has 90 valence electrons. The Kier molecular flexibility index (Phi) is 7.34. The molecule has 0 rings (SSSR count). The van der Waals surface area contributed by atoms with Crippen molar-refractivity contribution in [3.63, 3.8) is 0 Å². The topological polar surface area (TPSA) is 47.6 Å². The third kappa shape index (κ3) is 6.47. The molecule has 15 heavy (non-hydrogen) atoms. The summed E-state index contributed by atoms with van der Waals surface area (Å²) in [6.45, 7) is 8.37. The number of esters is 1. The lowest BCUT2D eigenvalue weighted by Gasteiger charge is -2.20. The van der Waals surface area contributed by atoms with Gasteiger partial charge in [0, 0.05) is 6.04 Å². The molecule has 0 aromatic heterocycles. The van der Waals surface area contributed by atoms with Crippen LogP contribution in [0.2, 0.25) is 0 Å². The quantitative estimate of drug-likeness (QED) is 0.654. The summed E-state index contributed by atoms with van der Waals surface area (Å²) in [7, 11) is 1.39. The molecule has 0 bridgehead atoms. The standard InChI is InChI=1S/C11H23NO3/c1-6-9(4)15-7-10(11(13)14-5)12-8(2)3/h8-10,12H,6-7H2,1-5H3. The van der Waals surface area contributed by atoms with Crippen LogP contribution in [0.3, 0.4) is 0 Å². The van der Waals surface area contributed by atoms with Crippen molar-refractivity contribution in [2.75, 3.05) is 13.7 Å². The Morgan fingerprint density at radius 3 is 2.33 bits per heavy atom. The molecule has 0 aliphatic carbocycles. The average molecular weight is 217 g/mol. The molecule has 0 amide bonds. The smallest absolute Gasteiger partial charge is 0.325 e. The van der Waals surface area contributed by atoms with Gasteiger partial charge in [-0.05, 0) is 13.3 Å². The van der Waals surface area contributed by atoms with Crippen LogP contribution in [0, 0.1) is 0 Å². The molecule has 0 aromatic rings. The number of hydrogen-bond donors (Lipinski definition) is 1. The van der Waals surface area contributed by atoms with Gasteiger partial charge in [-0.1, -0.05) is 20.8 Å². The number of hydrogen-bond acceptors (Lipinski definition) is 4. The molecule has 1 N–H and O–H groups in total. The molecule has 4 heteroatoms. The summed E-state index contributed by atoms with van der Waals surface area (Å²) < 4.78 is 10.2. The van der Waals surface area contributed by atoms with Crippen LogP contribution < -0.4 is 5.32 Å². The molecule has 0 fully saturated rings. The number of methoxy groups -OCH3 is 1. The third-order valence-electron chi connectivity index (χ3n) is 2.14. The van der Waals surface area contributed by atoms with Gasteiger partial charge in [-0.25, -0.2) is 0 Å². The van der Waals surface area contributed by atoms with E-state index < -0.39 is 0 Å². The maximum absolute atomic E-state index is 11.4. The van der Waals surface area contributed by atoms with Gasteiger partial charge in [0.25, 0.3) is 0 Å². The zero-order valence-electron chi connectivity index (χ0n) is 10.4. The van der Waals surface area contributed by atoms with Gasteiger partial charge in [0.05, 0.1) is 19.8 Å². The molecule has 0 radical (unpaired) electrons. The Labute approximate surface area is 92.3 Å². The lowest BCUT2D eigenvalue weighted by atomic mass is 10.2. The van der Waals surface area contributed by atoms with Crippen LogP contribution in [0.5, 0.6) is 0 Å². The number of ether oxygens (including phenoxy) is 2. The maximum Gasteiger partial charge on any atom is 0.325 e. The fourth-order valence-corrected chi connectivity index (χ4v) is 1.11. The van der Waals surface area contributed by atoms with Crippen molar-refractivity contribution in [2.24, 2.45) is 0 Å². The van der Waals surface area contributed by atoms with Gasteiger partial charge in [0.15, 0.2) is 0 Å². The molecule has 0 aliphatic heterocycles. The zero-order valence-corrected chi connectivity index (χ0v) is 10.4. The van der Waals surface area contributed by atoms with E-state index in [1.54, 1.807) is 0 Å². The van der Waals surface area contributed by atoms with Crippen molar-refractivity contribution < 1.29 is 14.3 Å². The minimum atomic E-state index is -0.371. The van der Waals surface area contributed by atoms with Crippen molar-refractivity contribution in [1.29, 1.82) is 0 Å². The Bertz CT molecular complexity index is 183. The Hall–Kier alpha value is -0.610. The molecule has 4 nitrogen and oxygen atoms in total. The van der Waals surface area contributed by atoms with Crippen molar-refractivity contribution in [3.8, 4) is 0 Å². The zero-order chi connectivity index (χ0) is 11.8. The Morgan fingerprint density at radius 2 is 1.93 bits per heavy atom. The summed E-state index contributed by atoms with van der Waals surface area (Å²) in [5.74, 6) is -0.271. The van der Waals surface area contributed by atoms with E-state index in [1.807, 2.05) is 27.7 Å². The fraction of sp³-hybridized carbons (Fsp3) is 0.909. The van der Waals surface area contributed by atoms with Crippen molar-refractivity contribution in [2.45, 2.75) is 52.3 Å². The summed E-state index contributed by atoms with van der Waals surface area (Å²) in [6.07, 6.45) is 1.11. The Morgan fingerprint density at radius 1 is 1.33 bits per heavy atom. The first-order chi connectivity index (χ1) is 7.01. The highest BCUT2D eigenvalue weighted by Crippen LogP contribution is 1.99. The first-order valence-corrected chi connectivity index (χ1v) is 5.46. The van der Waals surface area contributed by atoms with Gasteiger partial charge in [-0.3, -0.25) is 4.79 Å². The second kappa shape index (κ2) is 7.65. The summed E-state index contributed by atoms with van der Waals surface area (Å²) in [4.78, 5) is 11.4. The first-order valence-electron chi connectivity index (χ1n) is 5.46. The van der Waals surface area contributed by atoms with Crippen LogP contribution >= 0.6 is 0 Å². The van der Waals surface area contributed by atoms with Crippen LogP contribution in [-0.4, -0.2) is 37.9 Å². The van der Waals surface area contributed by atoms with Gasteiger partial charge in [-0.15, -0.1) is 0 Å². The predicted molar refractivity (Wildman–Crippen MR) is 59.8 cm³/mol. The molecule has 2 unspecified atom stereocenters. The van der Waals surface area contributed by atoms with E-state index in [2.05, 4.69) is 5.32 Å². The van der Waals surface area contributed by atoms with Crippen LogP contribution in [0.4, 0.5) is 0 Å². The van der Waals surface area contributed by atoms with E-state index in [0.717, 1.165) is 6.42 Å². The van der Waals surface area contributed by atoms with E-state index in [4.69, 9.17) is 9.47 Å². The molecule has 0 heterocycles. The van der Waals surface area contributed by atoms with Gasteiger partial charge < -0.3 is 14.8 Å². The molecule has 0 saturated carbocycles. The number of carbonyl (C=O) groups excluding carboxylic acids is 1.